The lowest BCUT2D eigenvalue weighted by atomic mass is 10.1. The zero-order chi connectivity index (χ0) is 17.0. The van der Waals surface area contributed by atoms with E-state index in [0.717, 1.165) is 35.5 Å². The van der Waals surface area contributed by atoms with Crippen LogP contribution in [0.25, 0.3) is 0 Å². The topological polar surface area (TPSA) is 64.7 Å². The van der Waals surface area contributed by atoms with Gasteiger partial charge < -0.3 is 20.3 Å². The third kappa shape index (κ3) is 4.94. The Labute approximate surface area is 163 Å². The van der Waals surface area contributed by atoms with Crippen molar-refractivity contribution in [3.8, 4) is 17.2 Å². The predicted octanol–water partition coefficient (Wildman–Crippen LogP) is 3.87. The summed E-state index contributed by atoms with van der Waals surface area (Å²) in [5.74, 6) is 2.45. The number of hydrogen-bond acceptors (Lipinski definition) is 4. The molecule has 0 amide bonds. The maximum absolute atomic E-state index is 9.09. The lowest BCUT2D eigenvalue weighted by Gasteiger charge is -2.14. The molecule has 0 heterocycles. The number of methoxy groups -OCH3 is 1. The smallest absolute Gasteiger partial charge is 0.154 e. The molecule has 3 N–H and O–H groups in total. The molecule has 0 bridgehead atoms. The van der Waals surface area contributed by atoms with E-state index in [2.05, 4.69) is 45.2 Å². The molecule has 0 aliphatic rings. The summed E-state index contributed by atoms with van der Waals surface area (Å²) in [6, 6.07) is 9.61. The number of benzene rings is 2. The van der Waals surface area contributed by atoms with Gasteiger partial charge in [-0.15, -0.1) is 0 Å². The van der Waals surface area contributed by atoms with Gasteiger partial charge in [0.05, 0.1) is 20.9 Å². The maximum atomic E-state index is 9.09. The first kappa shape index (κ1) is 18.8. The van der Waals surface area contributed by atoms with E-state index in [9.17, 15) is 0 Å². The monoisotopic (exact) mass is 539 g/mol. The van der Waals surface area contributed by atoms with Gasteiger partial charge in [0, 0.05) is 6.04 Å². The summed E-state index contributed by atoms with van der Waals surface area (Å²) in [6.07, 6.45) is 0.643. The number of nitrogens with two attached hydrogens (primary N) is 1. The Kier molecular flexibility index (Phi) is 6.93. The third-order valence-corrected chi connectivity index (χ3v) is 4.98. The van der Waals surface area contributed by atoms with Gasteiger partial charge in [-0.25, -0.2) is 0 Å². The Balaban J connectivity index is 2.25. The first-order valence-electron chi connectivity index (χ1n) is 7.11. The van der Waals surface area contributed by atoms with Crippen LogP contribution in [0.3, 0.4) is 0 Å². The summed E-state index contributed by atoms with van der Waals surface area (Å²) in [5.41, 5.74) is 7.94. The Morgan fingerprint density at radius 3 is 2.35 bits per heavy atom. The fraction of sp³-hybridized carbons (Fsp3) is 0.294. The molecule has 0 saturated carbocycles. The molecule has 0 aliphatic carbocycles. The minimum atomic E-state index is -0.238. The fourth-order valence-corrected chi connectivity index (χ4v) is 4.34. The lowest BCUT2D eigenvalue weighted by molar-refractivity contribution is 0.265. The SMILES string of the molecule is COc1ccc(Oc2c(I)cc(C[C@H](N)CO)cc2I)cc1C. The van der Waals surface area contributed by atoms with E-state index in [1.807, 2.05) is 37.3 Å². The molecule has 0 saturated heterocycles. The van der Waals surface area contributed by atoms with Gasteiger partial charge in [-0.05, 0) is 100.0 Å². The van der Waals surface area contributed by atoms with Crippen molar-refractivity contribution in [1.29, 1.82) is 0 Å². The van der Waals surface area contributed by atoms with Gasteiger partial charge in [-0.3, -0.25) is 0 Å². The van der Waals surface area contributed by atoms with E-state index >= 15 is 0 Å². The standard InChI is InChI=1S/C17H19I2NO3/c1-10-5-13(3-4-16(10)22-2)23-17-14(18)7-11(8-15(17)19)6-12(20)9-21/h3-5,7-8,12,21H,6,9,20H2,1-2H3/t12-/m0/s1. The van der Waals surface area contributed by atoms with E-state index < -0.39 is 0 Å². The van der Waals surface area contributed by atoms with Crippen LogP contribution in [-0.2, 0) is 6.42 Å². The Hall–Kier alpha value is -0.580. The van der Waals surface area contributed by atoms with Crippen molar-refractivity contribution in [3.63, 3.8) is 0 Å². The average molecular weight is 539 g/mol. The lowest BCUT2D eigenvalue weighted by Crippen LogP contribution is -2.26. The molecule has 0 unspecified atom stereocenters. The van der Waals surface area contributed by atoms with Crippen molar-refractivity contribution in [3.05, 3.63) is 48.6 Å². The number of aliphatic hydroxyl groups is 1. The molecule has 124 valence electrons. The van der Waals surface area contributed by atoms with Crippen molar-refractivity contribution in [2.45, 2.75) is 19.4 Å². The van der Waals surface area contributed by atoms with Gasteiger partial charge in [-0.1, -0.05) is 0 Å². The molecule has 0 spiro atoms. The molecule has 0 aromatic heterocycles. The molecule has 4 nitrogen and oxygen atoms in total. The molecule has 6 heteroatoms. The second kappa shape index (κ2) is 8.50. The molecule has 2 aromatic carbocycles. The van der Waals surface area contributed by atoms with Crippen molar-refractivity contribution in [2.75, 3.05) is 13.7 Å². The number of hydrogen-bond donors (Lipinski definition) is 2. The van der Waals surface area contributed by atoms with Crippen LogP contribution in [0.4, 0.5) is 0 Å². The van der Waals surface area contributed by atoms with Crippen LogP contribution in [0.5, 0.6) is 17.2 Å². The molecular formula is C17H19I2NO3. The van der Waals surface area contributed by atoms with Crippen LogP contribution in [0.2, 0.25) is 0 Å². The van der Waals surface area contributed by atoms with Gasteiger partial charge >= 0.3 is 0 Å². The molecule has 2 rings (SSSR count). The fourth-order valence-electron chi connectivity index (χ4n) is 2.23. The number of rotatable bonds is 6. The zero-order valence-electron chi connectivity index (χ0n) is 13.0. The van der Waals surface area contributed by atoms with E-state index in [1.165, 1.54) is 0 Å². The quantitative estimate of drug-likeness (QED) is 0.548. The van der Waals surface area contributed by atoms with Crippen molar-refractivity contribution >= 4 is 45.2 Å². The minimum Gasteiger partial charge on any atom is -0.496 e. The summed E-state index contributed by atoms with van der Waals surface area (Å²) < 4.78 is 13.4. The molecule has 1 atom stereocenters. The van der Waals surface area contributed by atoms with Crippen LogP contribution in [0.1, 0.15) is 11.1 Å². The number of aryl methyl sites for hydroxylation is 1. The third-order valence-electron chi connectivity index (χ3n) is 3.38. The van der Waals surface area contributed by atoms with E-state index in [-0.39, 0.29) is 12.6 Å². The minimum absolute atomic E-state index is 0.0173. The van der Waals surface area contributed by atoms with Crippen molar-refractivity contribution < 1.29 is 14.6 Å². The first-order valence-corrected chi connectivity index (χ1v) is 9.27. The van der Waals surface area contributed by atoms with Crippen LogP contribution in [0.15, 0.2) is 30.3 Å². The Bertz CT molecular complexity index is 669. The van der Waals surface area contributed by atoms with Gasteiger partial charge in [-0.2, -0.15) is 0 Å². The average Bonchev–Trinajstić information content (AvgIpc) is 2.51. The molecule has 23 heavy (non-hydrogen) atoms. The molecule has 0 radical (unpaired) electrons. The van der Waals surface area contributed by atoms with Crippen LogP contribution in [-0.4, -0.2) is 24.9 Å². The van der Waals surface area contributed by atoms with Crippen molar-refractivity contribution in [1.82, 2.24) is 0 Å². The number of halogens is 2. The summed E-state index contributed by atoms with van der Waals surface area (Å²) in [4.78, 5) is 0. The summed E-state index contributed by atoms with van der Waals surface area (Å²) in [6.45, 7) is 1.97. The summed E-state index contributed by atoms with van der Waals surface area (Å²) in [5, 5.41) is 9.09. The Morgan fingerprint density at radius 2 is 1.83 bits per heavy atom. The highest BCUT2D eigenvalue weighted by Crippen LogP contribution is 2.34. The molecule has 0 fully saturated rings. The van der Waals surface area contributed by atoms with Crippen LogP contribution >= 0.6 is 45.2 Å². The van der Waals surface area contributed by atoms with Gasteiger partial charge in [0.1, 0.15) is 11.5 Å². The second-order valence-electron chi connectivity index (χ2n) is 5.27. The highest BCUT2D eigenvalue weighted by atomic mass is 127. The maximum Gasteiger partial charge on any atom is 0.154 e. The molecular weight excluding hydrogens is 520 g/mol. The second-order valence-corrected chi connectivity index (χ2v) is 7.59. The largest absolute Gasteiger partial charge is 0.496 e. The van der Waals surface area contributed by atoms with Gasteiger partial charge in [0.25, 0.3) is 0 Å². The van der Waals surface area contributed by atoms with Crippen LogP contribution < -0.4 is 15.2 Å². The van der Waals surface area contributed by atoms with Gasteiger partial charge in [0.2, 0.25) is 0 Å². The molecule has 0 aliphatic heterocycles. The van der Waals surface area contributed by atoms with E-state index in [1.54, 1.807) is 7.11 Å². The van der Waals surface area contributed by atoms with E-state index in [4.69, 9.17) is 20.3 Å². The van der Waals surface area contributed by atoms with Crippen LogP contribution in [0, 0.1) is 14.1 Å². The highest BCUT2D eigenvalue weighted by Gasteiger charge is 2.12. The zero-order valence-corrected chi connectivity index (χ0v) is 17.3. The number of ether oxygens (including phenoxy) is 2. The van der Waals surface area contributed by atoms with Gasteiger partial charge in [0.15, 0.2) is 5.75 Å². The normalized spacial score (nSPS) is 12.1. The first-order chi connectivity index (χ1) is 10.9. The van der Waals surface area contributed by atoms with Crippen molar-refractivity contribution in [2.24, 2.45) is 5.73 Å². The highest BCUT2D eigenvalue weighted by molar-refractivity contribution is 14.1. The van der Waals surface area contributed by atoms with E-state index in [0.29, 0.717) is 6.42 Å². The molecule has 2 aromatic rings. The predicted molar refractivity (Wildman–Crippen MR) is 108 cm³/mol. The summed E-state index contributed by atoms with van der Waals surface area (Å²) in [7, 11) is 1.66. The number of aliphatic hydroxyl groups excluding tert-OH is 1. The summed E-state index contributed by atoms with van der Waals surface area (Å²) >= 11 is 4.52. The Morgan fingerprint density at radius 1 is 1.17 bits per heavy atom.